The van der Waals surface area contributed by atoms with Crippen LogP contribution in [0.2, 0.25) is 0 Å². The lowest BCUT2D eigenvalue weighted by Gasteiger charge is -2.24. The highest BCUT2D eigenvalue weighted by Gasteiger charge is 2.92. The molecule has 8 saturated carbocycles. The van der Waals surface area contributed by atoms with E-state index in [-0.39, 0.29) is 0 Å². The first-order valence-corrected chi connectivity index (χ1v) is 11.3. The zero-order chi connectivity index (χ0) is 17.3. The zero-order valence-corrected chi connectivity index (χ0v) is 15.6. The van der Waals surface area contributed by atoms with Gasteiger partial charge in [0.1, 0.15) is 5.78 Å². The molecule has 0 radical (unpaired) electrons. The third-order valence-corrected chi connectivity index (χ3v) is 11.3. The van der Waals surface area contributed by atoms with E-state index < -0.39 is 0 Å². The second-order valence-electron chi connectivity index (χ2n) is 11.2. The molecule has 0 amide bonds. The van der Waals surface area contributed by atoms with Gasteiger partial charge in [0, 0.05) is 11.8 Å². The smallest absolute Gasteiger partial charge is 0.140 e. The summed E-state index contributed by atoms with van der Waals surface area (Å²) in [7, 11) is 0. The lowest BCUT2D eigenvalue weighted by Crippen LogP contribution is -2.21. The largest absolute Gasteiger partial charge is 0.299 e. The fourth-order valence-electron chi connectivity index (χ4n) is 11.6. The maximum absolute atomic E-state index is 12.9. The van der Waals surface area contributed by atoms with Crippen molar-refractivity contribution in [3.8, 4) is 0 Å². The molecule has 8 aliphatic carbocycles. The molecule has 8 aliphatic rings. The van der Waals surface area contributed by atoms with Gasteiger partial charge < -0.3 is 0 Å². The summed E-state index contributed by atoms with van der Waals surface area (Å²) >= 11 is 0. The SMILES string of the molecule is Cc1ccc(CC2C3C4C5C6C(=O)C7C5C3C3C2C4C6C73)c2ccccc12. The number of Topliss-reactive ketones (excluding diaryl/α,β-unsaturated/α-hetero) is 1. The van der Waals surface area contributed by atoms with Crippen LogP contribution in [0.15, 0.2) is 36.4 Å². The van der Waals surface area contributed by atoms with Crippen molar-refractivity contribution in [3.63, 3.8) is 0 Å². The highest BCUT2D eigenvalue weighted by atomic mass is 16.1. The van der Waals surface area contributed by atoms with E-state index >= 15 is 0 Å². The maximum atomic E-state index is 12.9. The molecule has 1 heteroatoms. The average Bonchev–Trinajstić information content (AvgIpc) is 3.44. The van der Waals surface area contributed by atoms with E-state index in [9.17, 15) is 4.79 Å². The topological polar surface area (TPSA) is 17.1 Å². The minimum atomic E-state index is 0.545. The molecule has 0 aromatic heterocycles. The predicted molar refractivity (Wildman–Crippen MR) is 103 cm³/mol. The fourth-order valence-corrected chi connectivity index (χ4v) is 11.6. The highest BCUT2D eigenvalue weighted by molar-refractivity contribution is 5.92. The lowest BCUT2D eigenvalue weighted by molar-refractivity contribution is -0.122. The first-order valence-electron chi connectivity index (χ1n) is 11.3. The van der Waals surface area contributed by atoms with Crippen molar-refractivity contribution >= 4 is 16.6 Å². The van der Waals surface area contributed by atoms with Crippen molar-refractivity contribution in [3.05, 3.63) is 47.5 Å². The molecular weight excluding hydrogens is 328 g/mol. The van der Waals surface area contributed by atoms with Crippen molar-refractivity contribution < 1.29 is 4.79 Å². The molecule has 0 spiro atoms. The number of fused-ring (bicyclic) bond motifs is 1. The molecular formula is C26H24O. The Morgan fingerprint density at radius 3 is 1.81 bits per heavy atom. The molecule has 8 fully saturated rings. The van der Waals surface area contributed by atoms with Gasteiger partial charge in [-0.25, -0.2) is 0 Å². The Labute approximate surface area is 159 Å². The van der Waals surface area contributed by atoms with Crippen LogP contribution in [0.4, 0.5) is 0 Å². The number of carbonyl (C=O) groups excluding carboxylic acids is 1. The van der Waals surface area contributed by atoms with Crippen LogP contribution in [0.1, 0.15) is 11.1 Å². The van der Waals surface area contributed by atoms with E-state index in [0.29, 0.717) is 11.8 Å². The second kappa shape index (κ2) is 3.78. The van der Waals surface area contributed by atoms with E-state index in [1.54, 1.807) is 5.56 Å². The minimum Gasteiger partial charge on any atom is -0.299 e. The highest BCUT2D eigenvalue weighted by Crippen LogP contribution is 2.93. The van der Waals surface area contributed by atoms with Gasteiger partial charge in [-0.05, 0) is 100 Å². The summed E-state index contributed by atoms with van der Waals surface area (Å²) in [5.74, 6) is 11.9. The number of rotatable bonds is 2. The Morgan fingerprint density at radius 2 is 1.22 bits per heavy atom. The summed E-state index contributed by atoms with van der Waals surface area (Å²) in [5.41, 5.74) is 3.01. The van der Waals surface area contributed by atoms with Crippen molar-refractivity contribution in [1.82, 2.24) is 0 Å². The fraction of sp³-hybridized carbons (Fsp3) is 0.577. The molecule has 0 N–H and O–H groups in total. The standard InChI is InChI=1S/C26H24O/c1-9-6-7-10(12-5-3-2-4-11(9)12)8-13-14-16-18-15(13)19-17(14)21-20(16)24-22(18)23(19)25(21)26(24)27/h2-7,13-25H,8H2,1H3. The van der Waals surface area contributed by atoms with Crippen LogP contribution < -0.4 is 0 Å². The van der Waals surface area contributed by atoms with Crippen LogP contribution in [-0.2, 0) is 11.2 Å². The molecule has 0 aliphatic heterocycles. The van der Waals surface area contributed by atoms with Gasteiger partial charge >= 0.3 is 0 Å². The van der Waals surface area contributed by atoms with Crippen LogP contribution in [0, 0.1) is 83.9 Å². The molecule has 4 bridgehead atoms. The Bertz CT molecular complexity index is 1020. The molecule has 10 rings (SSSR count). The number of hydrogen-bond acceptors (Lipinski definition) is 1. The monoisotopic (exact) mass is 352 g/mol. The molecule has 2 aromatic rings. The number of carbonyl (C=O) groups is 1. The molecule has 0 saturated heterocycles. The average molecular weight is 352 g/mol. The number of hydrogen-bond donors (Lipinski definition) is 0. The molecule has 8 atom stereocenters. The molecule has 8 unspecified atom stereocenters. The summed E-state index contributed by atoms with van der Waals surface area (Å²) in [6.07, 6.45) is 1.30. The van der Waals surface area contributed by atoms with Gasteiger partial charge in [-0.15, -0.1) is 0 Å². The maximum Gasteiger partial charge on any atom is 0.140 e. The Balaban J connectivity index is 1.19. The molecule has 2 aromatic carbocycles. The molecule has 0 heterocycles. The van der Waals surface area contributed by atoms with Gasteiger partial charge in [0.05, 0.1) is 0 Å². The summed E-state index contributed by atoms with van der Waals surface area (Å²) in [5, 5.41) is 2.95. The number of benzene rings is 2. The zero-order valence-electron chi connectivity index (χ0n) is 15.6. The summed E-state index contributed by atoms with van der Waals surface area (Å²) in [4.78, 5) is 12.9. The van der Waals surface area contributed by atoms with Gasteiger partial charge in [0.2, 0.25) is 0 Å². The van der Waals surface area contributed by atoms with Gasteiger partial charge in [0.25, 0.3) is 0 Å². The Morgan fingerprint density at radius 1 is 0.667 bits per heavy atom. The third-order valence-electron chi connectivity index (χ3n) is 11.3. The first kappa shape index (κ1) is 13.5. The first-order chi connectivity index (χ1) is 13.3. The second-order valence-corrected chi connectivity index (χ2v) is 11.2. The number of aryl methyl sites for hydroxylation is 1. The molecule has 134 valence electrons. The normalized spacial score (nSPS) is 58.4. The lowest BCUT2D eigenvalue weighted by atomic mass is 9.80. The Kier molecular flexibility index (Phi) is 1.89. The van der Waals surface area contributed by atoms with Gasteiger partial charge in [-0.2, -0.15) is 0 Å². The van der Waals surface area contributed by atoms with Gasteiger partial charge in [-0.3, -0.25) is 4.79 Å². The van der Waals surface area contributed by atoms with E-state index in [1.807, 2.05) is 0 Å². The van der Waals surface area contributed by atoms with Crippen molar-refractivity contribution in [1.29, 1.82) is 0 Å². The van der Waals surface area contributed by atoms with Crippen LogP contribution in [-0.4, -0.2) is 5.78 Å². The van der Waals surface area contributed by atoms with Crippen LogP contribution in [0.5, 0.6) is 0 Å². The van der Waals surface area contributed by atoms with Crippen molar-refractivity contribution in [2.45, 2.75) is 13.3 Å². The number of ketones is 1. The quantitative estimate of drug-likeness (QED) is 0.785. The molecule has 27 heavy (non-hydrogen) atoms. The van der Waals surface area contributed by atoms with E-state index in [4.69, 9.17) is 0 Å². The third kappa shape index (κ3) is 1.08. The van der Waals surface area contributed by atoms with Crippen LogP contribution in [0.25, 0.3) is 10.8 Å². The summed E-state index contributed by atoms with van der Waals surface area (Å²) in [6, 6.07) is 13.8. The minimum absolute atomic E-state index is 0.545. The van der Waals surface area contributed by atoms with Crippen molar-refractivity contribution in [2.75, 3.05) is 0 Å². The van der Waals surface area contributed by atoms with E-state index in [2.05, 4.69) is 43.3 Å². The van der Waals surface area contributed by atoms with Gasteiger partial charge in [-0.1, -0.05) is 36.4 Å². The van der Waals surface area contributed by atoms with Crippen LogP contribution >= 0.6 is 0 Å². The summed E-state index contributed by atoms with van der Waals surface area (Å²) < 4.78 is 0. The van der Waals surface area contributed by atoms with Gasteiger partial charge in [0.15, 0.2) is 0 Å². The van der Waals surface area contributed by atoms with Crippen LogP contribution in [0.3, 0.4) is 0 Å². The van der Waals surface area contributed by atoms with E-state index in [1.165, 1.54) is 22.8 Å². The Hall–Kier alpha value is -1.63. The van der Waals surface area contributed by atoms with Crippen molar-refractivity contribution in [2.24, 2.45) is 76.9 Å². The van der Waals surface area contributed by atoms with E-state index in [0.717, 1.165) is 70.9 Å². The summed E-state index contributed by atoms with van der Waals surface area (Å²) in [6.45, 7) is 2.25. The molecule has 1 nitrogen and oxygen atoms in total. The predicted octanol–water partition coefficient (Wildman–Crippen LogP) is 4.37.